The first-order valence-electron chi connectivity index (χ1n) is 6.67. The zero-order chi connectivity index (χ0) is 11.6. The van der Waals surface area contributed by atoms with E-state index >= 15 is 0 Å². The van der Waals surface area contributed by atoms with Gasteiger partial charge in [-0.3, -0.25) is 4.90 Å². The van der Waals surface area contributed by atoms with Gasteiger partial charge in [-0.2, -0.15) is 11.8 Å². The number of nitrogens with one attached hydrogen (secondary N) is 1. The van der Waals surface area contributed by atoms with E-state index in [1.54, 1.807) is 0 Å². The highest BCUT2D eigenvalue weighted by atomic mass is 32.2. The summed E-state index contributed by atoms with van der Waals surface area (Å²) in [4.78, 5) is 2.74. The third kappa shape index (κ3) is 2.74. The third-order valence-electron chi connectivity index (χ3n) is 4.44. The first-order chi connectivity index (χ1) is 7.69. The van der Waals surface area contributed by atoms with Crippen molar-refractivity contribution in [3.63, 3.8) is 0 Å². The lowest BCUT2D eigenvalue weighted by atomic mass is 9.91. The Morgan fingerprint density at radius 1 is 1.44 bits per heavy atom. The van der Waals surface area contributed by atoms with Crippen molar-refractivity contribution in [2.24, 2.45) is 5.92 Å². The third-order valence-corrected chi connectivity index (χ3v) is 5.03. The number of hydrogen-bond acceptors (Lipinski definition) is 3. The van der Waals surface area contributed by atoms with Gasteiger partial charge in [0.1, 0.15) is 0 Å². The van der Waals surface area contributed by atoms with E-state index in [0.29, 0.717) is 5.54 Å². The first kappa shape index (κ1) is 12.7. The maximum Gasteiger partial charge on any atom is 0.0304 e. The summed E-state index contributed by atoms with van der Waals surface area (Å²) >= 11 is 1.97. The van der Waals surface area contributed by atoms with Crippen molar-refractivity contribution in [2.75, 3.05) is 31.6 Å². The molecule has 2 aliphatic rings. The lowest BCUT2D eigenvalue weighted by Gasteiger charge is -2.48. The van der Waals surface area contributed by atoms with Crippen LogP contribution < -0.4 is 5.32 Å². The minimum atomic E-state index is 0.390. The van der Waals surface area contributed by atoms with Gasteiger partial charge < -0.3 is 5.32 Å². The van der Waals surface area contributed by atoms with Crippen LogP contribution >= 0.6 is 11.8 Å². The molecule has 3 heteroatoms. The molecule has 0 aromatic carbocycles. The molecule has 2 atom stereocenters. The Balaban J connectivity index is 1.94. The Bertz CT molecular complexity index is 230. The average molecular weight is 242 g/mol. The van der Waals surface area contributed by atoms with E-state index in [-0.39, 0.29) is 0 Å². The highest BCUT2D eigenvalue weighted by Gasteiger charge is 2.41. The summed E-state index contributed by atoms with van der Waals surface area (Å²) in [7, 11) is 0. The van der Waals surface area contributed by atoms with Gasteiger partial charge in [-0.25, -0.2) is 0 Å². The molecule has 0 amide bonds. The average Bonchev–Trinajstić information content (AvgIpc) is 3.12. The van der Waals surface area contributed by atoms with Gasteiger partial charge in [0.15, 0.2) is 0 Å². The van der Waals surface area contributed by atoms with Crippen LogP contribution in [0.5, 0.6) is 0 Å². The van der Waals surface area contributed by atoms with Crippen molar-refractivity contribution < 1.29 is 0 Å². The van der Waals surface area contributed by atoms with Crippen molar-refractivity contribution in [3.05, 3.63) is 0 Å². The fourth-order valence-electron chi connectivity index (χ4n) is 2.71. The Kier molecular flexibility index (Phi) is 4.20. The quantitative estimate of drug-likeness (QED) is 0.796. The van der Waals surface area contributed by atoms with Gasteiger partial charge in [-0.1, -0.05) is 6.92 Å². The van der Waals surface area contributed by atoms with Crippen LogP contribution in [0.1, 0.15) is 33.1 Å². The Morgan fingerprint density at radius 2 is 2.19 bits per heavy atom. The molecule has 2 fully saturated rings. The van der Waals surface area contributed by atoms with Crippen molar-refractivity contribution >= 4 is 11.8 Å². The predicted octanol–water partition coefficient (Wildman–Crippen LogP) is 2.20. The molecule has 1 N–H and O–H groups in total. The SMILES string of the molecule is CCC1(C)CNC(C2CC2)CN1CCSC. The monoisotopic (exact) mass is 242 g/mol. The summed E-state index contributed by atoms with van der Waals surface area (Å²) in [5, 5.41) is 3.78. The molecular weight excluding hydrogens is 216 g/mol. The van der Waals surface area contributed by atoms with Gasteiger partial charge in [-0.15, -0.1) is 0 Å². The molecule has 1 saturated heterocycles. The smallest absolute Gasteiger partial charge is 0.0304 e. The van der Waals surface area contributed by atoms with Gasteiger partial charge in [0.2, 0.25) is 0 Å². The maximum atomic E-state index is 3.78. The number of piperazine rings is 1. The van der Waals surface area contributed by atoms with E-state index in [1.807, 2.05) is 11.8 Å². The number of thioether (sulfide) groups is 1. The molecule has 1 aliphatic heterocycles. The molecule has 1 saturated carbocycles. The van der Waals surface area contributed by atoms with Crippen LogP contribution in [-0.2, 0) is 0 Å². The van der Waals surface area contributed by atoms with E-state index in [0.717, 1.165) is 12.0 Å². The van der Waals surface area contributed by atoms with Crippen LogP contribution in [0, 0.1) is 5.92 Å². The van der Waals surface area contributed by atoms with E-state index in [4.69, 9.17) is 0 Å². The first-order valence-corrected chi connectivity index (χ1v) is 8.06. The number of rotatable bonds is 5. The molecule has 2 unspecified atom stereocenters. The van der Waals surface area contributed by atoms with Crippen LogP contribution in [-0.4, -0.2) is 48.1 Å². The lowest BCUT2D eigenvalue weighted by Crippen LogP contribution is -2.63. The van der Waals surface area contributed by atoms with Gasteiger partial charge >= 0.3 is 0 Å². The highest BCUT2D eigenvalue weighted by molar-refractivity contribution is 7.98. The number of hydrogen-bond donors (Lipinski definition) is 1. The summed E-state index contributed by atoms with van der Waals surface area (Å²) in [6, 6.07) is 0.779. The van der Waals surface area contributed by atoms with E-state index in [2.05, 4.69) is 30.3 Å². The minimum Gasteiger partial charge on any atom is -0.311 e. The van der Waals surface area contributed by atoms with Crippen molar-refractivity contribution in [1.29, 1.82) is 0 Å². The summed E-state index contributed by atoms with van der Waals surface area (Å²) < 4.78 is 0. The fraction of sp³-hybridized carbons (Fsp3) is 1.00. The minimum absolute atomic E-state index is 0.390. The van der Waals surface area contributed by atoms with Gasteiger partial charge in [-0.05, 0) is 38.4 Å². The van der Waals surface area contributed by atoms with Crippen molar-refractivity contribution in [2.45, 2.75) is 44.7 Å². The van der Waals surface area contributed by atoms with Gasteiger partial charge in [0, 0.05) is 37.0 Å². The molecule has 0 aromatic heterocycles. The Labute approximate surface area is 105 Å². The van der Waals surface area contributed by atoms with Crippen molar-refractivity contribution in [1.82, 2.24) is 10.2 Å². The Hall–Kier alpha value is 0.270. The highest BCUT2D eigenvalue weighted by Crippen LogP contribution is 2.36. The standard InChI is InChI=1S/C13H26N2S/c1-4-13(2)10-14-12(11-5-6-11)9-15(13)7-8-16-3/h11-12,14H,4-10H2,1-3H3. The van der Waals surface area contributed by atoms with Crippen molar-refractivity contribution in [3.8, 4) is 0 Å². The normalized spacial score (nSPS) is 36.6. The van der Waals surface area contributed by atoms with Gasteiger partial charge in [0.25, 0.3) is 0 Å². The molecule has 94 valence electrons. The van der Waals surface area contributed by atoms with E-state index in [1.165, 1.54) is 44.6 Å². The summed E-state index contributed by atoms with van der Waals surface area (Å²) in [6.07, 6.45) is 6.38. The summed E-state index contributed by atoms with van der Waals surface area (Å²) in [6.45, 7) is 8.46. The van der Waals surface area contributed by atoms with Gasteiger partial charge in [0.05, 0.1) is 0 Å². The lowest BCUT2D eigenvalue weighted by molar-refractivity contribution is 0.0503. The molecule has 0 bridgehead atoms. The second kappa shape index (κ2) is 5.28. The molecule has 2 rings (SSSR count). The second-order valence-corrected chi connectivity index (χ2v) is 6.60. The van der Waals surface area contributed by atoms with Crippen LogP contribution in [0.4, 0.5) is 0 Å². The zero-order valence-corrected chi connectivity index (χ0v) is 11.8. The molecule has 0 aromatic rings. The largest absolute Gasteiger partial charge is 0.311 e. The second-order valence-electron chi connectivity index (χ2n) is 5.61. The van der Waals surface area contributed by atoms with E-state index in [9.17, 15) is 0 Å². The van der Waals surface area contributed by atoms with Crippen LogP contribution in [0.15, 0.2) is 0 Å². The zero-order valence-electron chi connectivity index (χ0n) is 11.0. The van der Waals surface area contributed by atoms with E-state index < -0.39 is 0 Å². The topological polar surface area (TPSA) is 15.3 Å². The van der Waals surface area contributed by atoms with Crippen LogP contribution in [0.3, 0.4) is 0 Å². The van der Waals surface area contributed by atoms with Crippen LogP contribution in [0.2, 0.25) is 0 Å². The summed E-state index contributed by atoms with van der Waals surface area (Å²) in [5.74, 6) is 2.26. The number of nitrogens with zero attached hydrogens (tertiary/aromatic N) is 1. The molecule has 0 radical (unpaired) electrons. The maximum absolute atomic E-state index is 3.78. The summed E-state index contributed by atoms with van der Waals surface area (Å²) in [5.41, 5.74) is 0.390. The molecular formula is C13H26N2S. The molecule has 1 aliphatic carbocycles. The molecule has 16 heavy (non-hydrogen) atoms. The molecule has 2 nitrogen and oxygen atoms in total. The Morgan fingerprint density at radius 3 is 2.75 bits per heavy atom. The van der Waals surface area contributed by atoms with Crippen LogP contribution in [0.25, 0.3) is 0 Å². The molecule has 0 spiro atoms. The predicted molar refractivity (Wildman–Crippen MR) is 73.2 cm³/mol. The fourth-order valence-corrected chi connectivity index (χ4v) is 3.11. The molecule has 1 heterocycles.